The van der Waals surface area contributed by atoms with Crippen LogP contribution in [0, 0.1) is 0 Å². The zero-order valence-electron chi connectivity index (χ0n) is 18.9. The van der Waals surface area contributed by atoms with Crippen LogP contribution in [0.15, 0.2) is 36.7 Å². The Bertz CT molecular complexity index is 1040. The van der Waals surface area contributed by atoms with Gasteiger partial charge in [-0.25, -0.2) is 4.98 Å². The van der Waals surface area contributed by atoms with Gasteiger partial charge in [-0.1, -0.05) is 30.3 Å². The van der Waals surface area contributed by atoms with E-state index in [-0.39, 0.29) is 5.91 Å². The Hall–Kier alpha value is -2.93. The van der Waals surface area contributed by atoms with Gasteiger partial charge in [-0.3, -0.25) is 14.7 Å². The summed E-state index contributed by atoms with van der Waals surface area (Å²) in [7, 11) is 0. The molecule has 0 spiro atoms. The number of hydrogen-bond acceptors (Lipinski definition) is 5. The van der Waals surface area contributed by atoms with Gasteiger partial charge in [0.25, 0.3) is 5.91 Å². The number of piperazine rings is 1. The number of nitrogens with one attached hydrogen (secondary N) is 1. The molecule has 0 atom stereocenters. The smallest absolute Gasteiger partial charge is 0.253 e. The molecule has 1 aromatic rings. The average molecular weight is 433 g/mol. The van der Waals surface area contributed by atoms with Gasteiger partial charge in [0.15, 0.2) is 0 Å². The van der Waals surface area contributed by atoms with Crippen LogP contribution < -0.4 is 10.3 Å². The number of rotatable bonds is 6. The fraction of sp³-hybridized carbons (Fsp3) is 0.480. The molecule has 1 saturated heterocycles. The van der Waals surface area contributed by atoms with Crippen molar-refractivity contribution in [3.05, 3.63) is 58.9 Å². The van der Waals surface area contributed by atoms with Gasteiger partial charge in [0.2, 0.25) is 0 Å². The Morgan fingerprint density at radius 2 is 1.78 bits per heavy atom. The molecular formula is C25H32N6O. The minimum absolute atomic E-state index is 0.00312. The van der Waals surface area contributed by atoms with Crippen LogP contribution in [-0.2, 0) is 19.3 Å². The summed E-state index contributed by atoms with van der Waals surface area (Å²) in [6, 6.07) is 10.7. The maximum atomic E-state index is 12.9. The normalized spacial score (nSPS) is 16.8. The van der Waals surface area contributed by atoms with Gasteiger partial charge < -0.3 is 5.32 Å². The summed E-state index contributed by atoms with van der Waals surface area (Å²) in [6.45, 7) is 7.52. The third-order valence-corrected chi connectivity index (χ3v) is 6.80. The predicted molar refractivity (Wildman–Crippen MR) is 126 cm³/mol. The largest absolute Gasteiger partial charge is 0.352 e. The first kappa shape index (κ1) is 20.9. The average Bonchev–Trinajstić information content (AvgIpc) is 3.19. The van der Waals surface area contributed by atoms with Crippen molar-refractivity contribution in [2.45, 2.75) is 39.0 Å². The van der Waals surface area contributed by atoms with E-state index in [1.165, 1.54) is 16.7 Å². The Labute approximate surface area is 189 Å². The first-order valence-electron chi connectivity index (χ1n) is 11.9. The van der Waals surface area contributed by atoms with Crippen molar-refractivity contribution < 1.29 is 4.79 Å². The number of benzene rings is 1. The summed E-state index contributed by atoms with van der Waals surface area (Å²) < 4.78 is 0. The van der Waals surface area contributed by atoms with Crippen LogP contribution in [0.5, 0.6) is 0 Å². The lowest BCUT2D eigenvalue weighted by molar-refractivity contribution is 0.0955. The molecule has 32 heavy (non-hydrogen) atoms. The van der Waals surface area contributed by atoms with Crippen molar-refractivity contribution in [1.29, 1.82) is 0 Å². The third kappa shape index (κ3) is 3.97. The van der Waals surface area contributed by atoms with Crippen LogP contribution in [-0.4, -0.2) is 64.9 Å². The molecule has 1 fully saturated rings. The highest BCUT2D eigenvalue weighted by Crippen LogP contribution is 2.39. The summed E-state index contributed by atoms with van der Waals surface area (Å²) >= 11 is 0. The highest BCUT2D eigenvalue weighted by molar-refractivity contribution is 6.03. The van der Waals surface area contributed by atoms with Gasteiger partial charge in [-0.15, -0.1) is 5.10 Å². The molecule has 0 saturated carbocycles. The Kier molecular flexibility index (Phi) is 6.08. The number of hydrogen-bond donors (Lipinski definition) is 1. The van der Waals surface area contributed by atoms with Gasteiger partial charge in [0.05, 0.1) is 5.56 Å². The predicted octanol–water partition coefficient (Wildman–Crippen LogP) is 2.51. The van der Waals surface area contributed by atoms with E-state index in [1.54, 1.807) is 6.33 Å². The first-order valence-corrected chi connectivity index (χ1v) is 11.9. The quantitative estimate of drug-likeness (QED) is 0.648. The van der Waals surface area contributed by atoms with Crippen molar-refractivity contribution >= 4 is 5.91 Å². The highest BCUT2D eigenvalue weighted by atomic mass is 16.1. The highest BCUT2D eigenvalue weighted by Gasteiger charge is 2.33. The lowest BCUT2D eigenvalue weighted by Crippen LogP contribution is -2.52. The van der Waals surface area contributed by atoms with Crippen LogP contribution >= 0.6 is 0 Å². The van der Waals surface area contributed by atoms with Crippen molar-refractivity contribution in [3.8, 4) is 11.4 Å². The van der Waals surface area contributed by atoms with Crippen LogP contribution in [0.2, 0.25) is 0 Å². The lowest BCUT2D eigenvalue weighted by Gasteiger charge is -2.37. The number of aromatic nitrogens is 3. The SMILES string of the molecule is CCNC(=O)c1c2ncnn(N3CCN(CCc4ccccc4)CC3)c-2c2c1CCCC2. The molecule has 0 bridgehead atoms. The Morgan fingerprint density at radius 1 is 1.03 bits per heavy atom. The zero-order valence-corrected chi connectivity index (χ0v) is 18.9. The van der Waals surface area contributed by atoms with E-state index in [0.29, 0.717) is 6.54 Å². The molecule has 1 aromatic carbocycles. The van der Waals surface area contributed by atoms with Crippen molar-refractivity contribution in [2.24, 2.45) is 0 Å². The van der Waals surface area contributed by atoms with Crippen LogP contribution in [0.25, 0.3) is 11.4 Å². The lowest BCUT2D eigenvalue weighted by atomic mass is 9.93. The van der Waals surface area contributed by atoms with Gasteiger partial charge >= 0.3 is 0 Å². The van der Waals surface area contributed by atoms with Crippen molar-refractivity contribution in [3.63, 3.8) is 0 Å². The Balaban J connectivity index is 1.35. The van der Waals surface area contributed by atoms with Gasteiger partial charge in [0.1, 0.15) is 17.7 Å². The first-order chi connectivity index (χ1) is 15.8. The van der Waals surface area contributed by atoms with E-state index in [9.17, 15) is 4.79 Å². The van der Waals surface area contributed by atoms with E-state index in [4.69, 9.17) is 0 Å². The summed E-state index contributed by atoms with van der Waals surface area (Å²) in [5.41, 5.74) is 6.48. The maximum Gasteiger partial charge on any atom is 0.253 e. The van der Waals surface area contributed by atoms with Crippen molar-refractivity contribution in [2.75, 3.05) is 44.3 Å². The molecule has 0 radical (unpaired) electrons. The molecule has 0 unspecified atom stereocenters. The zero-order chi connectivity index (χ0) is 21.9. The number of amides is 1. The van der Waals surface area contributed by atoms with Crippen LogP contribution in [0.1, 0.15) is 46.8 Å². The molecule has 7 heteroatoms. The molecule has 168 valence electrons. The number of carbonyl (C=O) groups is 1. The van der Waals surface area contributed by atoms with Gasteiger partial charge in [-0.05, 0) is 55.7 Å². The molecule has 0 aromatic heterocycles. The second-order valence-corrected chi connectivity index (χ2v) is 8.78. The molecule has 7 nitrogen and oxygen atoms in total. The van der Waals surface area contributed by atoms with E-state index >= 15 is 0 Å². The minimum atomic E-state index is -0.00312. The number of fused-ring (bicyclic) bond motifs is 3. The van der Waals surface area contributed by atoms with E-state index in [2.05, 4.69) is 55.6 Å². The third-order valence-electron chi connectivity index (χ3n) is 6.80. The van der Waals surface area contributed by atoms with Crippen molar-refractivity contribution in [1.82, 2.24) is 25.1 Å². The summed E-state index contributed by atoms with van der Waals surface area (Å²) in [4.78, 5) is 22.1. The molecule has 1 N–H and O–H groups in total. The Morgan fingerprint density at radius 3 is 2.53 bits per heavy atom. The minimum Gasteiger partial charge on any atom is -0.352 e. The molecule has 1 amide bonds. The van der Waals surface area contributed by atoms with E-state index in [0.717, 1.165) is 81.8 Å². The standard InChI is InChI=1S/C25H32N6O/c1-2-26-25(32)22-20-10-6-7-11-21(20)24-23(22)27-18-28-31(24)30-16-14-29(15-17-30)13-12-19-8-4-3-5-9-19/h3-5,8-9,18H,2,6-7,10-17H2,1H3,(H,26,32). The number of nitrogens with zero attached hydrogens (tertiary/aromatic N) is 5. The van der Waals surface area contributed by atoms with Gasteiger partial charge in [-0.2, -0.15) is 4.79 Å². The fourth-order valence-electron chi connectivity index (χ4n) is 5.17. The summed E-state index contributed by atoms with van der Waals surface area (Å²) in [5, 5.41) is 9.97. The summed E-state index contributed by atoms with van der Waals surface area (Å²) in [5.74, 6) is -0.00312. The molecular weight excluding hydrogens is 400 g/mol. The summed E-state index contributed by atoms with van der Waals surface area (Å²) in [6.07, 6.45) is 6.92. The topological polar surface area (TPSA) is 66.3 Å². The number of carbonyl (C=O) groups excluding carboxylic acids is 1. The molecule has 2 aliphatic heterocycles. The molecule has 2 aliphatic carbocycles. The second-order valence-electron chi connectivity index (χ2n) is 8.78. The van der Waals surface area contributed by atoms with Gasteiger partial charge in [0, 0.05) is 39.3 Å². The monoisotopic (exact) mass is 432 g/mol. The fourth-order valence-corrected chi connectivity index (χ4v) is 5.17. The van der Waals surface area contributed by atoms with E-state index in [1.807, 2.05) is 11.7 Å². The maximum absolute atomic E-state index is 12.9. The molecule has 5 rings (SSSR count). The second kappa shape index (κ2) is 9.28. The van der Waals surface area contributed by atoms with Crippen LogP contribution in [0.3, 0.4) is 0 Å². The molecule has 2 heterocycles. The van der Waals surface area contributed by atoms with Crippen LogP contribution in [0.4, 0.5) is 0 Å². The molecule has 4 aliphatic rings. The van der Waals surface area contributed by atoms with E-state index < -0.39 is 0 Å².